The van der Waals surface area contributed by atoms with E-state index in [1.54, 1.807) is 6.92 Å². The monoisotopic (exact) mass is 193 g/mol. The number of nitrogens with zero attached hydrogens (tertiary/aromatic N) is 1. The highest BCUT2D eigenvalue weighted by molar-refractivity contribution is 6.16. The third-order valence-electron chi connectivity index (χ3n) is 3.41. The molecule has 1 atom stereocenters. The molecule has 1 aliphatic carbocycles. The van der Waals surface area contributed by atoms with Gasteiger partial charge in [0, 0.05) is 17.7 Å². The summed E-state index contributed by atoms with van der Waals surface area (Å²) >= 11 is 0. The fourth-order valence-electron chi connectivity index (χ4n) is 2.23. The molecule has 0 radical (unpaired) electrons. The number of imide groups is 1. The van der Waals surface area contributed by atoms with E-state index in [1.165, 1.54) is 11.0 Å². The van der Waals surface area contributed by atoms with E-state index in [0.717, 1.165) is 12.8 Å². The summed E-state index contributed by atoms with van der Waals surface area (Å²) < 4.78 is 0. The van der Waals surface area contributed by atoms with E-state index in [2.05, 4.69) is 13.8 Å². The number of rotatable bonds is 1. The van der Waals surface area contributed by atoms with E-state index in [9.17, 15) is 9.59 Å². The zero-order valence-electron chi connectivity index (χ0n) is 8.83. The van der Waals surface area contributed by atoms with Crippen molar-refractivity contribution in [2.45, 2.75) is 39.7 Å². The minimum Gasteiger partial charge on any atom is -0.272 e. The standard InChI is InChI=1S/C11H15NO2/c1-7-6-9(13)12(10(7)14)8-4-5-11(8,2)3/h6,8H,4-5H2,1-3H3. The van der Waals surface area contributed by atoms with E-state index in [1.807, 2.05) is 0 Å². The normalized spacial score (nSPS) is 30.4. The molecule has 1 fully saturated rings. The smallest absolute Gasteiger partial charge is 0.256 e. The Hall–Kier alpha value is -1.12. The molecule has 0 saturated heterocycles. The van der Waals surface area contributed by atoms with E-state index in [0.29, 0.717) is 5.57 Å². The fourth-order valence-corrected chi connectivity index (χ4v) is 2.23. The van der Waals surface area contributed by atoms with Crippen molar-refractivity contribution >= 4 is 11.8 Å². The summed E-state index contributed by atoms with van der Waals surface area (Å²) in [5, 5.41) is 0. The molecule has 3 heteroatoms. The number of hydrogen-bond acceptors (Lipinski definition) is 2. The molecule has 0 N–H and O–H groups in total. The summed E-state index contributed by atoms with van der Waals surface area (Å²) in [5.41, 5.74) is 0.668. The molecule has 1 saturated carbocycles. The van der Waals surface area contributed by atoms with Crippen molar-refractivity contribution in [2.24, 2.45) is 5.41 Å². The van der Waals surface area contributed by atoms with Gasteiger partial charge in [0.2, 0.25) is 0 Å². The molecular weight excluding hydrogens is 178 g/mol. The molecule has 1 heterocycles. The highest BCUT2D eigenvalue weighted by Crippen LogP contribution is 2.44. The second-order valence-corrected chi connectivity index (χ2v) is 4.88. The first-order chi connectivity index (χ1) is 6.43. The first-order valence-corrected chi connectivity index (χ1v) is 4.99. The van der Waals surface area contributed by atoms with E-state index in [4.69, 9.17) is 0 Å². The highest BCUT2D eigenvalue weighted by Gasteiger charge is 2.47. The third kappa shape index (κ3) is 1.11. The first kappa shape index (κ1) is 9.44. The first-order valence-electron chi connectivity index (χ1n) is 4.99. The maximum absolute atomic E-state index is 11.7. The van der Waals surface area contributed by atoms with Crippen LogP contribution in [0.3, 0.4) is 0 Å². The van der Waals surface area contributed by atoms with Crippen molar-refractivity contribution in [3.63, 3.8) is 0 Å². The number of carbonyl (C=O) groups is 2. The summed E-state index contributed by atoms with van der Waals surface area (Å²) in [6.07, 6.45) is 3.48. The van der Waals surface area contributed by atoms with Gasteiger partial charge in [-0.05, 0) is 25.2 Å². The van der Waals surface area contributed by atoms with Gasteiger partial charge in [-0.3, -0.25) is 14.5 Å². The van der Waals surface area contributed by atoms with Crippen LogP contribution < -0.4 is 0 Å². The molecular formula is C11H15NO2. The van der Waals surface area contributed by atoms with E-state index < -0.39 is 0 Å². The van der Waals surface area contributed by atoms with Crippen molar-refractivity contribution in [2.75, 3.05) is 0 Å². The van der Waals surface area contributed by atoms with Crippen LogP contribution in [0.5, 0.6) is 0 Å². The maximum Gasteiger partial charge on any atom is 0.256 e. The van der Waals surface area contributed by atoms with Gasteiger partial charge in [-0.25, -0.2) is 0 Å². The van der Waals surface area contributed by atoms with Gasteiger partial charge < -0.3 is 0 Å². The average Bonchev–Trinajstić information content (AvgIpc) is 2.31. The predicted molar refractivity (Wildman–Crippen MR) is 52.4 cm³/mol. The molecule has 2 aliphatic rings. The lowest BCUT2D eigenvalue weighted by Crippen LogP contribution is -2.54. The Labute approximate surface area is 83.8 Å². The molecule has 0 spiro atoms. The Kier molecular flexibility index (Phi) is 1.81. The molecule has 2 amide bonds. The lowest BCUT2D eigenvalue weighted by Gasteiger charge is -2.48. The maximum atomic E-state index is 11.7. The highest BCUT2D eigenvalue weighted by atomic mass is 16.2. The minimum atomic E-state index is -0.134. The fraction of sp³-hybridized carbons (Fsp3) is 0.636. The van der Waals surface area contributed by atoms with Crippen molar-refractivity contribution in [3.05, 3.63) is 11.6 Å². The van der Waals surface area contributed by atoms with Crippen LogP contribution in [-0.4, -0.2) is 22.8 Å². The van der Waals surface area contributed by atoms with E-state index in [-0.39, 0.29) is 23.3 Å². The summed E-state index contributed by atoms with van der Waals surface area (Å²) in [6.45, 7) is 5.91. The van der Waals surface area contributed by atoms with Crippen LogP contribution in [0.2, 0.25) is 0 Å². The molecule has 14 heavy (non-hydrogen) atoms. The third-order valence-corrected chi connectivity index (χ3v) is 3.41. The average molecular weight is 193 g/mol. The second kappa shape index (κ2) is 2.69. The molecule has 1 unspecified atom stereocenters. The van der Waals surface area contributed by atoms with Gasteiger partial charge in [-0.15, -0.1) is 0 Å². The molecule has 3 nitrogen and oxygen atoms in total. The predicted octanol–water partition coefficient (Wildman–Crippen LogP) is 1.49. The van der Waals surface area contributed by atoms with Gasteiger partial charge in [0.15, 0.2) is 0 Å². The summed E-state index contributed by atoms with van der Waals surface area (Å²) in [5.74, 6) is -0.238. The lowest BCUT2D eigenvalue weighted by atomic mass is 9.66. The topological polar surface area (TPSA) is 37.4 Å². The SMILES string of the molecule is CC1=CC(=O)N(C2CCC2(C)C)C1=O. The molecule has 1 aliphatic heterocycles. The number of hydrogen-bond donors (Lipinski definition) is 0. The molecule has 0 aromatic carbocycles. The van der Waals surface area contributed by atoms with Crippen LogP contribution in [-0.2, 0) is 9.59 Å². The Morgan fingerprint density at radius 3 is 2.36 bits per heavy atom. The quantitative estimate of drug-likeness (QED) is 0.592. The van der Waals surface area contributed by atoms with Gasteiger partial charge in [-0.2, -0.15) is 0 Å². The van der Waals surface area contributed by atoms with Crippen LogP contribution in [0.25, 0.3) is 0 Å². The van der Waals surface area contributed by atoms with Crippen LogP contribution >= 0.6 is 0 Å². The zero-order chi connectivity index (χ0) is 10.5. The number of carbonyl (C=O) groups excluding carboxylic acids is 2. The van der Waals surface area contributed by atoms with Crippen LogP contribution in [0, 0.1) is 5.41 Å². The second-order valence-electron chi connectivity index (χ2n) is 4.88. The van der Waals surface area contributed by atoms with Crippen LogP contribution in [0.4, 0.5) is 0 Å². The Bertz CT molecular complexity index is 341. The van der Waals surface area contributed by atoms with Gasteiger partial charge in [-0.1, -0.05) is 13.8 Å². The van der Waals surface area contributed by atoms with Crippen molar-refractivity contribution in [1.29, 1.82) is 0 Å². The van der Waals surface area contributed by atoms with Crippen molar-refractivity contribution < 1.29 is 9.59 Å². The Morgan fingerprint density at radius 1 is 1.43 bits per heavy atom. The Balaban J connectivity index is 2.22. The van der Waals surface area contributed by atoms with Crippen LogP contribution in [0.15, 0.2) is 11.6 Å². The van der Waals surface area contributed by atoms with E-state index >= 15 is 0 Å². The van der Waals surface area contributed by atoms with Gasteiger partial charge in [0.25, 0.3) is 11.8 Å². The van der Waals surface area contributed by atoms with Crippen molar-refractivity contribution in [3.8, 4) is 0 Å². The van der Waals surface area contributed by atoms with Crippen molar-refractivity contribution in [1.82, 2.24) is 4.90 Å². The molecule has 76 valence electrons. The summed E-state index contributed by atoms with van der Waals surface area (Å²) in [7, 11) is 0. The zero-order valence-corrected chi connectivity index (χ0v) is 8.83. The van der Waals surface area contributed by atoms with Gasteiger partial charge in [0.1, 0.15) is 0 Å². The molecule has 0 bridgehead atoms. The largest absolute Gasteiger partial charge is 0.272 e. The summed E-state index contributed by atoms with van der Waals surface area (Å²) in [6, 6.07) is 0.108. The molecule has 2 rings (SSSR count). The summed E-state index contributed by atoms with van der Waals surface area (Å²) in [4.78, 5) is 24.6. The van der Waals surface area contributed by atoms with Gasteiger partial charge in [0.05, 0.1) is 0 Å². The van der Waals surface area contributed by atoms with Gasteiger partial charge >= 0.3 is 0 Å². The molecule has 0 aromatic rings. The molecule has 0 aromatic heterocycles. The number of amides is 2. The minimum absolute atomic E-state index is 0.101. The Morgan fingerprint density at radius 2 is 2.07 bits per heavy atom. The lowest BCUT2D eigenvalue weighted by molar-refractivity contribution is -0.147. The van der Waals surface area contributed by atoms with Crippen LogP contribution in [0.1, 0.15) is 33.6 Å².